The molecule has 1 aromatic rings. The van der Waals surface area contributed by atoms with Gasteiger partial charge >= 0.3 is 5.97 Å². The number of carbonyl (C=O) groups excluding carboxylic acids is 2. The lowest BCUT2D eigenvalue weighted by atomic mass is 10.1. The van der Waals surface area contributed by atoms with Gasteiger partial charge in [0, 0.05) is 11.6 Å². The summed E-state index contributed by atoms with van der Waals surface area (Å²) in [7, 11) is 0. The Morgan fingerprint density at radius 3 is 2.36 bits per heavy atom. The number of allylic oxidation sites excluding steroid dienone is 2. The number of ether oxygens (including phenoxy) is 1. The molecule has 0 fully saturated rings. The topological polar surface area (TPSA) is 67.4 Å². The van der Waals surface area contributed by atoms with E-state index in [2.05, 4.69) is 10.6 Å². The van der Waals surface area contributed by atoms with Gasteiger partial charge in [-0.05, 0) is 26.3 Å². The van der Waals surface area contributed by atoms with Crippen molar-refractivity contribution in [2.24, 2.45) is 0 Å². The zero-order valence-electron chi connectivity index (χ0n) is 15.0. The van der Waals surface area contributed by atoms with Crippen LogP contribution in [0.4, 0.5) is 0 Å². The van der Waals surface area contributed by atoms with Gasteiger partial charge in [0.1, 0.15) is 6.61 Å². The predicted molar refractivity (Wildman–Crippen MR) is 97.7 cm³/mol. The van der Waals surface area contributed by atoms with E-state index in [1.807, 2.05) is 75.4 Å². The van der Waals surface area contributed by atoms with Gasteiger partial charge in [-0.1, -0.05) is 54.6 Å². The number of rotatable bonds is 7. The normalized spacial score (nSPS) is 15.2. The standard InChI is InChI=1S/C20H26N2O3/c1-20(2,3)22-19(24)17(21-16-11-7-8-12-16)13-18(23)25-14-15-9-5-4-6-10-15/h4-12,16-17,21H,13-14H2,1-3H3,(H,22,24)/t17-/m0/s1. The molecule has 0 aliphatic heterocycles. The number of esters is 1. The van der Waals surface area contributed by atoms with E-state index < -0.39 is 12.0 Å². The van der Waals surface area contributed by atoms with E-state index in [4.69, 9.17) is 4.74 Å². The smallest absolute Gasteiger partial charge is 0.308 e. The number of hydrogen-bond acceptors (Lipinski definition) is 4. The Hall–Kier alpha value is -2.40. The van der Waals surface area contributed by atoms with Crippen LogP contribution in [-0.2, 0) is 20.9 Å². The van der Waals surface area contributed by atoms with Gasteiger partial charge in [0.05, 0.1) is 12.5 Å². The first-order chi connectivity index (χ1) is 11.8. The Kier molecular flexibility index (Phi) is 6.53. The molecule has 0 bridgehead atoms. The Bertz CT molecular complexity index is 633. The number of benzene rings is 1. The van der Waals surface area contributed by atoms with Gasteiger partial charge in [0.15, 0.2) is 0 Å². The molecular weight excluding hydrogens is 316 g/mol. The van der Waals surface area contributed by atoms with E-state index in [1.54, 1.807) is 0 Å². The van der Waals surface area contributed by atoms with Crippen LogP contribution in [0.3, 0.4) is 0 Å². The highest BCUT2D eigenvalue weighted by atomic mass is 16.5. The van der Waals surface area contributed by atoms with Crippen LogP contribution in [0.25, 0.3) is 0 Å². The van der Waals surface area contributed by atoms with Crippen LogP contribution < -0.4 is 10.6 Å². The molecule has 1 amide bonds. The largest absolute Gasteiger partial charge is 0.461 e. The summed E-state index contributed by atoms with van der Waals surface area (Å²) in [6.07, 6.45) is 7.67. The van der Waals surface area contributed by atoms with Crippen molar-refractivity contribution >= 4 is 11.9 Å². The first-order valence-electron chi connectivity index (χ1n) is 8.46. The summed E-state index contributed by atoms with van der Waals surface area (Å²) in [5.41, 5.74) is 0.549. The molecular formula is C20H26N2O3. The van der Waals surface area contributed by atoms with Gasteiger partial charge in [-0.2, -0.15) is 0 Å². The van der Waals surface area contributed by atoms with Crippen LogP contribution in [0.5, 0.6) is 0 Å². The highest BCUT2D eigenvalue weighted by molar-refractivity contribution is 5.87. The summed E-state index contributed by atoms with van der Waals surface area (Å²) >= 11 is 0. The molecule has 5 nitrogen and oxygen atoms in total. The van der Waals surface area contributed by atoms with Crippen LogP contribution in [0.1, 0.15) is 32.8 Å². The van der Waals surface area contributed by atoms with E-state index >= 15 is 0 Å². The Labute approximate surface area is 149 Å². The molecule has 0 heterocycles. The molecule has 1 atom stereocenters. The molecule has 1 aliphatic rings. The zero-order valence-corrected chi connectivity index (χ0v) is 15.0. The fourth-order valence-corrected chi connectivity index (χ4v) is 2.42. The lowest BCUT2D eigenvalue weighted by Crippen LogP contribution is -2.53. The van der Waals surface area contributed by atoms with Crippen molar-refractivity contribution in [2.45, 2.75) is 51.4 Å². The van der Waals surface area contributed by atoms with Crippen LogP contribution in [0.2, 0.25) is 0 Å². The minimum atomic E-state index is -0.653. The van der Waals surface area contributed by atoms with Crippen molar-refractivity contribution in [3.8, 4) is 0 Å². The fraction of sp³-hybridized carbons (Fsp3) is 0.400. The molecule has 1 aromatic carbocycles. The Morgan fingerprint density at radius 1 is 1.12 bits per heavy atom. The minimum absolute atomic E-state index is 0.0209. The summed E-state index contributed by atoms with van der Waals surface area (Å²) in [6, 6.07) is 8.77. The molecule has 25 heavy (non-hydrogen) atoms. The maximum absolute atomic E-state index is 12.5. The van der Waals surface area contributed by atoms with Crippen LogP contribution in [0.15, 0.2) is 54.6 Å². The second kappa shape index (κ2) is 8.62. The SMILES string of the molecule is CC(C)(C)NC(=O)[C@H](CC(=O)OCc1ccccc1)NC1C=CC=C1. The van der Waals surface area contributed by atoms with Crippen molar-refractivity contribution < 1.29 is 14.3 Å². The average molecular weight is 342 g/mol. The van der Waals surface area contributed by atoms with Crippen LogP contribution in [-0.4, -0.2) is 29.5 Å². The highest BCUT2D eigenvalue weighted by Crippen LogP contribution is 2.08. The zero-order chi connectivity index (χ0) is 18.3. The summed E-state index contributed by atoms with van der Waals surface area (Å²) < 4.78 is 5.31. The highest BCUT2D eigenvalue weighted by Gasteiger charge is 2.27. The number of hydrogen-bond donors (Lipinski definition) is 2. The predicted octanol–water partition coefficient (Wildman–Crippen LogP) is 2.49. The fourth-order valence-electron chi connectivity index (χ4n) is 2.42. The molecule has 1 aliphatic carbocycles. The maximum atomic E-state index is 12.5. The van der Waals surface area contributed by atoms with E-state index in [0.717, 1.165) is 5.56 Å². The molecule has 0 radical (unpaired) electrons. The Balaban J connectivity index is 1.93. The van der Waals surface area contributed by atoms with Crippen LogP contribution in [0, 0.1) is 0 Å². The third kappa shape index (κ3) is 6.93. The molecule has 2 rings (SSSR count). The van der Waals surface area contributed by atoms with Crippen molar-refractivity contribution in [3.63, 3.8) is 0 Å². The molecule has 0 saturated carbocycles. The van der Waals surface area contributed by atoms with E-state index in [-0.39, 0.29) is 30.5 Å². The molecule has 2 N–H and O–H groups in total. The molecule has 0 unspecified atom stereocenters. The summed E-state index contributed by atoms with van der Waals surface area (Å²) in [6.45, 7) is 5.93. The molecule has 0 saturated heterocycles. The summed E-state index contributed by atoms with van der Waals surface area (Å²) in [4.78, 5) is 24.7. The second-order valence-corrected chi connectivity index (χ2v) is 7.10. The maximum Gasteiger partial charge on any atom is 0.308 e. The van der Waals surface area contributed by atoms with Crippen molar-refractivity contribution in [1.82, 2.24) is 10.6 Å². The minimum Gasteiger partial charge on any atom is -0.461 e. The first kappa shape index (κ1) is 18.9. The lowest BCUT2D eigenvalue weighted by molar-refractivity contribution is -0.147. The monoisotopic (exact) mass is 342 g/mol. The molecule has 0 spiro atoms. The average Bonchev–Trinajstić information content (AvgIpc) is 3.05. The van der Waals surface area contributed by atoms with Gasteiger partial charge in [0.2, 0.25) is 5.91 Å². The van der Waals surface area contributed by atoms with Gasteiger partial charge < -0.3 is 10.1 Å². The van der Waals surface area contributed by atoms with Crippen molar-refractivity contribution in [3.05, 3.63) is 60.2 Å². The third-order valence-corrected chi connectivity index (χ3v) is 3.57. The molecule has 5 heteroatoms. The van der Waals surface area contributed by atoms with E-state index in [0.29, 0.717) is 0 Å². The first-order valence-corrected chi connectivity index (χ1v) is 8.46. The molecule has 134 valence electrons. The second-order valence-electron chi connectivity index (χ2n) is 7.10. The van der Waals surface area contributed by atoms with E-state index in [9.17, 15) is 9.59 Å². The van der Waals surface area contributed by atoms with Crippen molar-refractivity contribution in [1.29, 1.82) is 0 Å². The number of nitrogens with one attached hydrogen (secondary N) is 2. The van der Waals surface area contributed by atoms with E-state index in [1.165, 1.54) is 0 Å². The summed E-state index contributed by atoms with van der Waals surface area (Å²) in [5.74, 6) is -0.616. The quantitative estimate of drug-likeness (QED) is 0.747. The van der Waals surface area contributed by atoms with Crippen molar-refractivity contribution in [2.75, 3.05) is 0 Å². The van der Waals surface area contributed by atoms with Gasteiger partial charge in [-0.15, -0.1) is 0 Å². The number of amides is 1. The summed E-state index contributed by atoms with van der Waals surface area (Å²) in [5, 5.41) is 6.10. The van der Waals surface area contributed by atoms with Gasteiger partial charge in [0.25, 0.3) is 0 Å². The lowest BCUT2D eigenvalue weighted by Gasteiger charge is -2.26. The third-order valence-electron chi connectivity index (χ3n) is 3.57. The molecule has 0 aromatic heterocycles. The van der Waals surface area contributed by atoms with Crippen LogP contribution >= 0.6 is 0 Å². The van der Waals surface area contributed by atoms with Gasteiger partial charge in [-0.3, -0.25) is 14.9 Å². The number of carbonyl (C=O) groups is 2. The van der Waals surface area contributed by atoms with Gasteiger partial charge in [-0.25, -0.2) is 0 Å². The Morgan fingerprint density at radius 2 is 1.76 bits per heavy atom.